The molecule has 0 aromatic carbocycles. The van der Waals surface area contributed by atoms with Gasteiger partial charge in [-0.15, -0.1) is 0 Å². The van der Waals surface area contributed by atoms with Crippen LogP contribution in [0.15, 0.2) is 23.3 Å². The third kappa shape index (κ3) is 8.52. The standard InChI is InChI=1S/C20H38N6/c1-7-21-20(24-17(4)11-10-14-26(8-2)9-3)23-16-18-12-13-22-19(15-18)25(5)6/h12-13,15,17H,7-11,14,16H2,1-6H3,(H2,21,23,24). The lowest BCUT2D eigenvalue weighted by Crippen LogP contribution is -2.42. The van der Waals surface area contributed by atoms with Gasteiger partial charge in [0.15, 0.2) is 5.96 Å². The van der Waals surface area contributed by atoms with E-state index in [0.29, 0.717) is 12.6 Å². The topological polar surface area (TPSA) is 55.8 Å². The first-order valence-electron chi connectivity index (χ1n) is 9.89. The van der Waals surface area contributed by atoms with Gasteiger partial charge < -0.3 is 20.4 Å². The zero-order valence-corrected chi connectivity index (χ0v) is 17.5. The Labute approximate surface area is 160 Å². The molecule has 1 aromatic heterocycles. The van der Waals surface area contributed by atoms with Gasteiger partial charge in [-0.25, -0.2) is 9.98 Å². The minimum absolute atomic E-state index is 0.401. The summed E-state index contributed by atoms with van der Waals surface area (Å²) < 4.78 is 0. The largest absolute Gasteiger partial charge is 0.363 e. The molecule has 26 heavy (non-hydrogen) atoms. The molecule has 0 spiro atoms. The summed E-state index contributed by atoms with van der Waals surface area (Å²) in [5, 5.41) is 6.87. The van der Waals surface area contributed by atoms with Crippen molar-refractivity contribution in [2.24, 2.45) is 4.99 Å². The number of hydrogen-bond acceptors (Lipinski definition) is 4. The molecule has 1 unspecified atom stereocenters. The molecule has 148 valence electrons. The fourth-order valence-corrected chi connectivity index (χ4v) is 2.76. The van der Waals surface area contributed by atoms with Crippen molar-refractivity contribution in [2.75, 3.05) is 45.2 Å². The second kappa shape index (κ2) is 12.5. The molecule has 0 saturated heterocycles. The van der Waals surface area contributed by atoms with E-state index in [4.69, 9.17) is 4.99 Å². The molecule has 0 bridgehead atoms. The Morgan fingerprint density at radius 2 is 1.96 bits per heavy atom. The third-order valence-corrected chi connectivity index (χ3v) is 4.42. The number of anilines is 1. The summed E-state index contributed by atoms with van der Waals surface area (Å²) >= 11 is 0. The molecule has 2 N–H and O–H groups in total. The van der Waals surface area contributed by atoms with Crippen LogP contribution < -0.4 is 15.5 Å². The Balaban J connectivity index is 2.56. The maximum atomic E-state index is 4.74. The number of nitrogens with one attached hydrogen (secondary N) is 2. The number of guanidine groups is 1. The van der Waals surface area contributed by atoms with Crippen molar-refractivity contribution in [1.29, 1.82) is 0 Å². The zero-order valence-electron chi connectivity index (χ0n) is 17.5. The van der Waals surface area contributed by atoms with E-state index in [-0.39, 0.29) is 0 Å². The number of aliphatic imine (C=N–C) groups is 1. The highest BCUT2D eigenvalue weighted by Gasteiger charge is 2.07. The number of rotatable bonds is 11. The van der Waals surface area contributed by atoms with Gasteiger partial charge in [-0.3, -0.25) is 0 Å². The van der Waals surface area contributed by atoms with E-state index < -0.39 is 0 Å². The Hall–Kier alpha value is -1.82. The highest BCUT2D eigenvalue weighted by atomic mass is 15.2. The molecule has 0 saturated carbocycles. The van der Waals surface area contributed by atoms with Crippen molar-refractivity contribution < 1.29 is 0 Å². The second-order valence-electron chi connectivity index (χ2n) is 6.83. The molecule has 0 aliphatic heterocycles. The van der Waals surface area contributed by atoms with E-state index >= 15 is 0 Å². The zero-order chi connectivity index (χ0) is 19.4. The predicted molar refractivity (Wildman–Crippen MR) is 113 cm³/mol. The Kier molecular flexibility index (Phi) is 10.7. The molecule has 1 heterocycles. The lowest BCUT2D eigenvalue weighted by atomic mass is 10.2. The van der Waals surface area contributed by atoms with Gasteiger partial charge in [-0.2, -0.15) is 0 Å². The van der Waals surface area contributed by atoms with Gasteiger partial charge in [0.25, 0.3) is 0 Å². The number of aromatic nitrogens is 1. The third-order valence-electron chi connectivity index (χ3n) is 4.42. The minimum Gasteiger partial charge on any atom is -0.363 e. The molecule has 0 fully saturated rings. The van der Waals surface area contributed by atoms with Crippen LogP contribution in [-0.2, 0) is 6.54 Å². The van der Waals surface area contributed by atoms with Crippen molar-refractivity contribution in [3.63, 3.8) is 0 Å². The SMILES string of the molecule is CCNC(=NCc1ccnc(N(C)C)c1)NC(C)CCCN(CC)CC. The highest BCUT2D eigenvalue weighted by Crippen LogP contribution is 2.10. The van der Waals surface area contributed by atoms with Gasteiger partial charge in [0.1, 0.15) is 5.82 Å². The van der Waals surface area contributed by atoms with Crippen molar-refractivity contribution in [3.05, 3.63) is 23.9 Å². The van der Waals surface area contributed by atoms with Crippen LogP contribution in [0.25, 0.3) is 0 Å². The minimum atomic E-state index is 0.401. The fraction of sp³-hybridized carbons (Fsp3) is 0.700. The second-order valence-corrected chi connectivity index (χ2v) is 6.83. The Morgan fingerprint density at radius 1 is 1.23 bits per heavy atom. The summed E-state index contributed by atoms with van der Waals surface area (Å²) in [5.74, 6) is 1.84. The van der Waals surface area contributed by atoms with Crippen molar-refractivity contribution >= 4 is 11.8 Å². The summed E-state index contributed by atoms with van der Waals surface area (Å²) in [6.45, 7) is 13.7. The molecule has 0 radical (unpaired) electrons. The molecule has 1 atom stereocenters. The quantitative estimate of drug-likeness (QED) is 0.468. The summed E-state index contributed by atoms with van der Waals surface area (Å²) in [6, 6.07) is 4.51. The van der Waals surface area contributed by atoms with Gasteiger partial charge in [0.05, 0.1) is 6.54 Å². The van der Waals surface area contributed by atoms with E-state index in [2.05, 4.69) is 54.3 Å². The van der Waals surface area contributed by atoms with Crippen LogP contribution in [0.3, 0.4) is 0 Å². The Bertz CT molecular complexity index is 525. The van der Waals surface area contributed by atoms with Crippen LogP contribution in [0.2, 0.25) is 0 Å². The molecule has 6 nitrogen and oxygen atoms in total. The molecule has 6 heteroatoms. The monoisotopic (exact) mass is 362 g/mol. The van der Waals surface area contributed by atoms with Crippen LogP contribution in [0.4, 0.5) is 5.82 Å². The smallest absolute Gasteiger partial charge is 0.191 e. The average molecular weight is 363 g/mol. The predicted octanol–water partition coefficient (Wildman–Crippen LogP) is 2.71. The maximum Gasteiger partial charge on any atom is 0.191 e. The molecule has 0 amide bonds. The first-order chi connectivity index (χ1) is 12.5. The van der Waals surface area contributed by atoms with Crippen LogP contribution in [0, 0.1) is 0 Å². The van der Waals surface area contributed by atoms with Crippen molar-refractivity contribution in [1.82, 2.24) is 20.5 Å². The number of pyridine rings is 1. The fourth-order valence-electron chi connectivity index (χ4n) is 2.76. The van der Waals surface area contributed by atoms with Gasteiger partial charge in [-0.05, 0) is 64.0 Å². The first-order valence-corrected chi connectivity index (χ1v) is 9.89. The van der Waals surface area contributed by atoms with E-state index in [1.54, 1.807) is 0 Å². The number of nitrogens with zero attached hydrogens (tertiary/aromatic N) is 4. The summed E-state index contributed by atoms with van der Waals surface area (Å²) in [4.78, 5) is 13.6. The summed E-state index contributed by atoms with van der Waals surface area (Å²) in [7, 11) is 4.00. The maximum absolute atomic E-state index is 4.74. The number of hydrogen-bond donors (Lipinski definition) is 2. The van der Waals surface area contributed by atoms with Crippen molar-refractivity contribution in [3.8, 4) is 0 Å². The van der Waals surface area contributed by atoms with Crippen LogP contribution >= 0.6 is 0 Å². The van der Waals surface area contributed by atoms with Crippen LogP contribution in [0.1, 0.15) is 46.1 Å². The van der Waals surface area contributed by atoms with Gasteiger partial charge in [-0.1, -0.05) is 13.8 Å². The van der Waals surface area contributed by atoms with Gasteiger partial charge in [0, 0.05) is 32.9 Å². The molecule has 1 rings (SSSR count). The van der Waals surface area contributed by atoms with Crippen LogP contribution in [-0.4, -0.2) is 62.2 Å². The van der Waals surface area contributed by atoms with E-state index in [1.807, 2.05) is 31.3 Å². The van der Waals surface area contributed by atoms with Crippen LogP contribution in [0.5, 0.6) is 0 Å². The van der Waals surface area contributed by atoms with Gasteiger partial charge in [0.2, 0.25) is 0 Å². The van der Waals surface area contributed by atoms with E-state index in [1.165, 1.54) is 6.42 Å². The van der Waals surface area contributed by atoms with Crippen molar-refractivity contribution in [2.45, 2.75) is 53.1 Å². The first kappa shape index (κ1) is 22.2. The molecular formula is C20H38N6. The molecule has 0 aliphatic rings. The lowest BCUT2D eigenvalue weighted by Gasteiger charge is -2.21. The van der Waals surface area contributed by atoms with E-state index in [0.717, 1.165) is 49.9 Å². The molecule has 1 aromatic rings. The van der Waals surface area contributed by atoms with Gasteiger partial charge >= 0.3 is 0 Å². The molecule has 0 aliphatic carbocycles. The van der Waals surface area contributed by atoms with E-state index in [9.17, 15) is 0 Å². The summed E-state index contributed by atoms with van der Waals surface area (Å²) in [5.41, 5.74) is 1.16. The Morgan fingerprint density at radius 3 is 2.58 bits per heavy atom. The molecular weight excluding hydrogens is 324 g/mol. The normalized spacial score (nSPS) is 13.0. The lowest BCUT2D eigenvalue weighted by molar-refractivity contribution is 0.292. The summed E-state index contributed by atoms with van der Waals surface area (Å²) in [6.07, 6.45) is 4.18. The average Bonchev–Trinajstić information content (AvgIpc) is 2.63. The highest BCUT2D eigenvalue weighted by molar-refractivity contribution is 5.80.